The maximum absolute atomic E-state index is 13.5. The third kappa shape index (κ3) is 4.60. The number of rotatable bonds is 6. The number of piperidine rings is 1. The average molecular weight is 498 g/mol. The van der Waals surface area contributed by atoms with Gasteiger partial charge in [0.1, 0.15) is 12.4 Å². The maximum Gasteiger partial charge on any atom is 0.340 e. The molecule has 1 aliphatic heterocycles. The molecule has 0 amide bonds. The van der Waals surface area contributed by atoms with Crippen molar-refractivity contribution in [3.8, 4) is 0 Å². The Morgan fingerprint density at radius 2 is 1.82 bits per heavy atom. The van der Waals surface area contributed by atoms with Crippen molar-refractivity contribution in [3.63, 3.8) is 0 Å². The van der Waals surface area contributed by atoms with Crippen LogP contribution in [0.4, 0.5) is 8.78 Å². The molecule has 0 N–H and O–H groups in total. The number of sulfonamides is 1. The first-order valence-corrected chi connectivity index (χ1v) is 12.3. The van der Waals surface area contributed by atoms with E-state index in [1.165, 1.54) is 10.4 Å². The van der Waals surface area contributed by atoms with Crippen molar-refractivity contribution in [2.75, 3.05) is 13.1 Å². The lowest BCUT2D eigenvalue weighted by Crippen LogP contribution is -2.35. The highest BCUT2D eigenvalue weighted by Crippen LogP contribution is 2.26. The molecular formula is C22H22ClF2N3O4S. The number of carbonyl (C=O) groups excluding carboxylic acids is 1. The van der Waals surface area contributed by atoms with E-state index < -0.39 is 27.6 Å². The molecule has 0 bridgehead atoms. The van der Waals surface area contributed by atoms with Crippen LogP contribution in [0.3, 0.4) is 0 Å². The molecule has 11 heteroatoms. The van der Waals surface area contributed by atoms with Gasteiger partial charge >= 0.3 is 5.97 Å². The first-order valence-electron chi connectivity index (χ1n) is 10.5. The molecule has 1 aliphatic rings. The van der Waals surface area contributed by atoms with Crippen molar-refractivity contribution in [1.29, 1.82) is 0 Å². The highest BCUT2D eigenvalue weighted by atomic mass is 35.5. The first kappa shape index (κ1) is 23.6. The molecule has 1 saturated heterocycles. The summed E-state index contributed by atoms with van der Waals surface area (Å²) >= 11 is 5.84. The molecule has 0 unspecified atom stereocenters. The molecule has 2 aromatic carbocycles. The fourth-order valence-electron chi connectivity index (χ4n) is 3.92. The Balaban J connectivity index is 1.59. The van der Waals surface area contributed by atoms with Crippen molar-refractivity contribution in [1.82, 2.24) is 13.9 Å². The first-order chi connectivity index (χ1) is 15.7. The molecule has 1 fully saturated rings. The number of benzene rings is 2. The summed E-state index contributed by atoms with van der Waals surface area (Å²) < 4.78 is 61.3. The fraction of sp³-hybridized carbons (Fsp3) is 0.364. The molecule has 4 rings (SSSR count). The molecule has 2 heterocycles. The van der Waals surface area contributed by atoms with Crippen molar-refractivity contribution in [2.24, 2.45) is 0 Å². The van der Waals surface area contributed by atoms with Gasteiger partial charge in [-0.3, -0.25) is 0 Å². The standard InChI is InChI=1S/C22H22ClF2N3O4S/c1-2-28-20-7-6-14(33(30,31)27-8-4-3-5-9-27)10-19(20)26-21(28)13-32-22(29)15-11-17(24)18(25)12-16(15)23/h6-7,10-12H,2-5,8-9,13H2,1H3. The summed E-state index contributed by atoms with van der Waals surface area (Å²) in [6.45, 7) is 3.10. The zero-order chi connectivity index (χ0) is 23.8. The van der Waals surface area contributed by atoms with Gasteiger partial charge in [0.2, 0.25) is 10.0 Å². The maximum atomic E-state index is 13.5. The van der Waals surface area contributed by atoms with Crippen LogP contribution in [0.5, 0.6) is 0 Å². The summed E-state index contributed by atoms with van der Waals surface area (Å²) in [6, 6.07) is 6.14. The Morgan fingerprint density at radius 1 is 1.12 bits per heavy atom. The number of fused-ring (bicyclic) bond motifs is 1. The van der Waals surface area contributed by atoms with E-state index in [2.05, 4.69) is 4.98 Å². The lowest BCUT2D eigenvalue weighted by Gasteiger charge is -2.25. The Hall–Kier alpha value is -2.56. The smallest absolute Gasteiger partial charge is 0.340 e. The monoisotopic (exact) mass is 497 g/mol. The second-order valence-corrected chi connectivity index (χ2v) is 10.1. The lowest BCUT2D eigenvalue weighted by molar-refractivity contribution is 0.0458. The summed E-state index contributed by atoms with van der Waals surface area (Å²) in [5.74, 6) is -2.93. The van der Waals surface area contributed by atoms with Gasteiger partial charge in [0.15, 0.2) is 11.6 Å². The van der Waals surface area contributed by atoms with Crippen LogP contribution < -0.4 is 0 Å². The highest BCUT2D eigenvalue weighted by Gasteiger charge is 2.27. The van der Waals surface area contributed by atoms with Crippen LogP contribution in [0.25, 0.3) is 11.0 Å². The number of nitrogens with zero attached hydrogens (tertiary/aromatic N) is 3. The van der Waals surface area contributed by atoms with Gasteiger partial charge in [-0.05, 0) is 50.1 Å². The molecule has 1 aromatic heterocycles. The number of esters is 1. The Bertz CT molecular complexity index is 1320. The fourth-order valence-corrected chi connectivity index (χ4v) is 5.69. The topological polar surface area (TPSA) is 81.5 Å². The highest BCUT2D eigenvalue weighted by molar-refractivity contribution is 7.89. The number of hydrogen-bond donors (Lipinski definition) is 0. The van der Waals surface area contributed by atoms with E-state index in [-0.39, 0.29) is 22.1 Å². The van der Waals surface area contributed by atoms with Crippen molar-refractivity contribution in [3.05, 3.63) is 58.4 Å². The zero-order valence-corrected chi connectivity index (χ0v) is 19.4. The summed E-state index contributed by atoms with van der Waals surface area (Å²) in [4.78, 5) is 17.0. The second kappa shape index (κ2) is 9.36. The average Bonchev–Trinajstić information content (AvgIpc) is 3.17. The second-order valence-electron chi connectivity index (χ2n) is 7.71. The van der Waals surface area contributed by atoms with Crippen LogP contribution in [0, 0.1) is 11.6 Å². The van der Waals surface area contributed by atoms with Gasteiger partial charge in [-0.25, -0.2) is 27.0 Å². The van der Waals surface area contributed by atoms with Crippen LogP contribution in [0.15, 0.2) is 35.2 Å². The van der Waals surface area contributed by atoms with Crippen LogP contribution in [-0.4, -0.2) is 41.3 Å². The van der Waals surface area contributed by atoms with Crippen LogP contribution in [0.2, 0.25) is 5.02 Å². The van der Waals surface area contributed by atoms with E-state index in [1.54, 1.807) is 16.7 Å². The molecule has 0 radical (unpaired) electrons. The summed E-state index contributed by atoms with van der Waals surface area (Å²) in [5, 5.41) is -0.268. The lowest BCUT2D eigenvalue weighted by atomic mass is 10.2. The van der Waals surface area contributed by atoms with Crippen LogP contribution in [-0.2, 0) is 27.9 Å². The Labute approximate surface area is 195 Å². The van der Waals surface area contributed by atoms with E-state index in [1.807, 2.05) is 6.92 Å². The van der Waals surface area contributed by atoms with Gasteiger partial charge in [0.05, 0.1) is 26.5 Å². The molecule has 0 saturated carbocycles. The number of aryl methyl sites for hydroxylation is 1. The molecule has 0 spiro atoms. The largest absolute Gasteiger partial charge is 0.454 e. The van der Waals surface area contributed by atoms with E-state index >= 15 is 0 Å². The van der Waals surface area contributed by atoms with Crippen molar-refractivity contribution in [2.45, 2.75) is 44.2 Å². The Kier molecular flexibility index (Phi) is 6.69. The molecule has 7 nitrogen and oxygen atoms in total. The summed E-state index contributed by atoms with van der Waals surface area (Å²) in [6.07, 6.45) is 2.69. The quantitative estimate of drug-likeness (QED) is 0.369. The number of carbonyl (C=O) groups is 1. The van der Waals surface area contributed by atoms with E-state index in [9.17, 15) is 22.0 Å². The van der Waals surface area contributed by atoms with E-state index in [4.69, 9.17) is 16.3 Å². The van der Waals surface area contributed by atoms with Crippen LogP contribution >= 0.6 is 11.6 Å². The van der Waals surface area contributed by atoms with Gasteiger partial charge in [0.25, 0.3) is 0 Å². The molecule has 33 heavy (non-hydrogen) atoms. The number of hydrogen-bond acceptors (Lipinski definition) is 5. The van der Waals surface area contributed by atoms with Crippen molar-refractivity contribution < 1.29 is 26.7 Å². The normalized spacial score (nSPS) is 15.2. The van der Waals surface area contributed by atoms with E-state index in [0.29, 0.717) is 48.6 Å². The number of imidazole rings is 1. The van der Waals surface area contributed by atoms with Gasteiger partial charge in [-0.1, -0.05) is 18.0 Å². The molecule has 176 valence electrons. The third-order valence-corrected chi connectivity index (χ3v) is 7.84. The SMILES string of the molecule is CCn1c(COC(=O)c2cc(F)c(F)cc2Cl)nc2cc(S(=O)(=O)N3CCCCC3)ccc21. The minimum absolute atomic E-state index is 0.162. The minimum Gasteiger partial charge on any atom is -0.454 e. The minimum atomic E-state index is -3.62. The zero-order valence-electron chi connectivity index (χ0n) is 17.9. The van der Waals surface area contributed by atoms with Crippen LogP contribution in [0.1, 0.15) is 42.4 Å². The van der Waals surface area contributed by atoms with Gasteiger partial charge < -0.3 is 9.30 Å². The molecule has 0 atom stereocenters. The van der Waals surface area contributed by atoms with Crippen molar-refractivity contribution >= 4 is 38.6 Å². The predicted octanol–water partition coefficient (Wildman–Crippen LogP) is 4.52. The summed E-state index contributed by atoms with van der Waals surface area (Å²) in [5.41, 5.74) is 0.837. The predicted molar refractivity (Wildman–Crippen MR) is 119 cm³/mol. The third-order valence-electron chi connectivity index (χ3n) is 5.63. The van der Waals surface area contributed by atoms with Gasteiger partial charge in [0, 0.05) is 19.6 Å². The van der Waals surface area contributed by atoms with Gasteiger partial charge in [-0.15, -0.1) is 0 Å². The molecule has 3 aromatic rings. The molecular weight excluding hydrogens is 476 g/mol. The van der Waals surface area contributed by atoms with E-state index in [0.717, 1.165) is 19.3 Å². The Morgan fingerprint density at radius 3 is 2.52 bits per heavy atom. The number of halogens is 3. The van der Waals surface area contributed by atoms with Gasteiger partial charge in [-0.2, -0.15) is 4.31 Å². The summed E-state index contributed by atoms with van der Waals surface area (Å²) in [7, 11) is -3.62. The number of aromatic nitrogens is 2. The molecule has 0 aliphatic carbocycles. The number of ether oxygens (including phenoxy) is 1.